The van der Waals surface area contributed by atoms with Gasteiger partial charge >= 0.3 is 4.87 Å². The Kier molecular flexibility index (Phi) is 3.61. The molecule has 0 amide bonds. The summed E-state index contributed by atoms with van der Waals surface area (Å²) in [7, 11) is 0. The molecule has 1 heterocycles. The van der Waals surface area contributed by atoms with Gasteiger partial charge in [-0.05, 0) is 24.1 Å². The highest BCUT2D eigenvalue weighted by Gasteiger charge is 1.98. The van der Waals surface area contributed by atoms with Crippen LogP contribution in [0, 0.1) is 6.92 Å². The molecule has 0 radical (unpaired) electrons. The molecule has 0 aliphatic rings. The van der Waals surface area contributed by atoms with Crippen LogP contribution in [0.25, 0.3) is 0 Å². The molecule has 0 aliphatic heterocycles. The molecule has 0 unspecified atom stereocenters. The first-order chi connectivity index (χ1) is 8.15. The van der Waals surface area contributed by atoms with Crippen LogP contribution in [0.15, 0.2) is 28.4 Å². The van der Waals surface area contributed by atoms with Gasteiger partial charge in [-0.3, -0.25) is 4.79 Å². The lowest BCUT2D eigenvalue weighted by atomic mass is 10.1. The van der Waals surface area contributed by atoms with Gasteiger partial charge in [-0.2, -0.15) is 0 Å². The van der Waals surface area contributed by atoms with Crippen LogP contribution >= 0.6 is 11.3 Å². The van der Waals surface area contributed by atoms with Crippen molar-refractivity contribution in [3.63, 3.8) is 0 Å². The maximum Gasteiger partial charge on any atom is 0.304 e. The Morgan fingerprint density at radius 3 is 2.88 bits per heavy atom. The molecule has 1 aromatic heterocycles. The van der Waals surface area contributed by atoms with Crippen LogP contribution in [-0.2, 0) is 13.1 Å². The summed E-state index contributed by atoms with van der Waals surface area (Å²) in [6.45, 7) is 3.39. The Hall–Kier alpha value is -1.59. The van der Waals surface area contributed by atoms with Gasteiger partial charge in [-0.1, -0.05) is 23.5 Å². The number of nitrogens with two attached hydrogens (primary N) is 1. The van der Waals surface area contributed by atoms with Gasteiger partial charge in [0.05, 0.1) is 0 Å². The Morgan fingerprint density at radius 1 is 1.41 bits per heavy atom. The van der Waals surface area contributed by atoms with E-state index in [1.54, 1.807) is 0 Å². The number of anilines is 1. The second-order valence-electron chi connectivity index (χ2n) is 3.97. The summed E-state index contributed by atoms with van der Waals surface area (Å²) in [6.07, 6.45) is 0. The van der Waals surface area contributed by atoms with Gasteiger partial charge in [-0.25, -0.2) is 0 Å². The summed E-state index contributed by atoms with van der Waals surface area (Å²) in [5, 5.41) is 5.09. The van der Waals surface area contributed by atoms with E-state index in [0.29, 0.717) is 6.54 Å². The van der Waals surface area contributed by atoms with Crippen molar-refractivity contribution in [3.8, 4) is 0 Å². The van der Waals surface area contributed by atoms with Crippen LogP contribution in [-0.4, -0.2) is 4.98 Å². The Balaban J connectivity index is 1.89. The van der Waals surface area contributed by atoms with Crippen LogP contribution in [0.4, 0.5) is 5.69 Å². The number of rotatable bonds is 4. The summed E-state index contributed by atoms with van der Waals surface area (Å²) >= 11 is 1.18. The van der Waals surface area contributed by atoms with Crippen LogP contribution < -0.4 is 15.9 Å². The quantitative estimate of drug-likeness (QED) is 0.721. The third-order valence-corrected chi connectivity index (χ3v) is 3.28. The molecule has 2 rings (SSSR count). The first kappa shape index (κ1) is 11.9. The van der Waals surface area contributed by atoms with E-state index in [1.807, 2.05) is 24.4 Å². The highest BCUT2D eigenvalue weighted by atomic mass is 32.1. The van der Waals surface area contributed by atoms with E-state index in [2.05, 4.69) is 16.4 Å². The predicted molar refractivity (Wildman–Crippen MR) is 71.1 cm³/mol. The van der Waals surface area contributed by atoms with Crippen molar-refractivity contribution in [2.45, 2.75) is 20.0 Å². The van der Waals surface area contributed by atoms with Gasteiger partial charge in [0.15, 0.2) is 0 Å². The van der Waals surface area contributed by atoms with Crippen molar-refractivity contribution in [1.29, 1.82) is 0 Å². The standard InChI is InChI=1S/C12H15N3OS/c1-8-2-3-9(4-11(8)13)5-14-6-10-7-17-12(16)15-10/h2-4,7,14H,5-6,13H2,1H3,(H,15,16). The summed E-state index contributed by atoms with van der Waals surface area (Å²) in [5.41, 5.74) is 9.80. The summed E-state index contributed by atoms with van der Waals surface area (Å²) in [5.74, 6) is 0. The zero-order valence-electron chi connectivity index (χ0n) is 9.62. The molecule has 0 bridgehead atoms. The van der Waals surface area contributed by atoms with Crippen LogP contribution in [0.3, 0.4) is 0 Å². The molecular weight excluding hydrogens is 234 g/mol. The normalized spacial score (nSPS) is 10.6. The minimum Gasteiger partial charge on any atom is -0.399 e. The van der Waals surface area contributed by atoms with E-state index >= 15 is 0 Å². The van der Waals surface area contributed by atoms with Gasteiger partial charge in [0, 0.05) is 29.9 Å². The Morgan fingerprint density at radius 2 is 2.24 bits per heavy atom. The number of hydrogen-bond acceptors (Lipinski definition) is 4. The van der Waals surface area contributed by atoms with E-state index in [9.17, 15) is 4.79 Å². The first-order valence-corrected chi connectivity index (χ1v) is 6.25. The number of aryl methyl sites for hydroxylation is 1. The molecule has 0 saturated carbocycles. The van der Waals surface area contributed by atoms with Gasteiger partial charge in [0.25, 0.3) is 0 Å². The molecule has 0 fully saturated rings. The Labute approximate surface area is 103 Å². The number of benzene rings is 1. The molecule has 0 spiro atoms. The van der Waals surface area contributed by atoms with Gasteiger partial charge < -0.3 is 16.0 Å². The summed E-state index contributed by atoms with van der Waals surface area (Å²) in [6, 6.07) is 6.03. The van der Waals surface area contributed by atoms with Crippen molar-refractivity contribution < 1.29 is 0 Å². The fourth-order valence-corrected chi connectivity index (χ4v) is 2.12. The number of nitrogen functional groups attached to an aromatic ring is 1. The number of nitrogens with one attached hydrogen (secondary N) is 2. The molecule has 17 heavy (non-hydrogen) atoms. The van der Waals surface area contributed by atoms with Crippen LogP contribution in [0.5, 0.6) is 0 Å². The van der Waals surface area contributed by atoms with Crippen molar-refractivity contribution in [2.75, 3.05) is 5.73 Å². The molecule has 0 aliphatic carbocycles. The molecule has 2 aromatic rings. The average Bonchev–Trinajstić information content (AvgIpc) is 2.70. The molecule has 4 nitrogen and oxygen atoms in total. The Bertz CT molecular complexity index is 559. The lowest BCUT2D eigenvalue weighted by molar-refractivity contribution is 0.682. The highest BCUT2D eigenvalue weighted by Crippen LogP contribution is 2.12. The fourth-order valence-electron chi connectivity index (χ4n) is 1.54. The van der Waals surface area contributed by atoms with E-state index in [0.717, 1.165) is 29.1 Å². The number of aromatic nitrogens is 1. The van der Waals surface area contributed by atoms with Crippen LogP contribution in [0.1, 0.15) is 16.8 Å². The van der Waals surface area contributed by atoms with Gasteiger partial charge in [0.2, 0.25) is 0 Å². The molecular formula is C12H15N3OS. The molecule has 0 atom stereocenters. The topological polar surface area (TPSA) is 70.9 Å². The number of aromatic amines is 1. The zero-order chi connectivity index (χ0) is 12.3. The third kappa shape index (κ3) is 3.18. The smallest absolute Gasteiger partial charge is 0.304 e. The van der Waals surface area contributed by atoms with Crippen molar-refractivity contribution in [3.05, 3.63) is 50.1 Å². The largest absolute Gasteiger partial charge is 0.399 e. The minimum absolute atomic E-state index is 0.0126. The van der Waals surface area contributed by atoms with Gasteiger partial charge in [-0.15, -0.1) is 0 Å². The molecule has 1 aromatic carbocycles. The highest BCUT2D eigenvalue weighted by molar-refractivity contribution is 7.07. The first-order valence-electron chi connectivity index (χ1n) is 5.37. The number of hydrogen-bond donors (Lipinski definition) is 3. The minimum atomic E-state index is -0.0126. The lowest BCUT2D eigenvalue weighted by Gasteiger charge is -2.06. The van der Waals surface area contributed by atoms with Crippen LogP contribution in [0.2, 0.25) is 0 Å². The number of thiazole rings is 1. The number of H-pyrrole nitrogens is 1. The van der Waals surface area contributed by atoms with Gasteiger partial charge in [0.1, 0.15) is 0 Å². The van der Waals surface area contributed by atoms with E-state index < -0.39 is 0 Å². The lowest BCUT2D eigenvalue weighted by Crippen LogP contribution is -2.14. The third-order valence-electron chi connectivity index (χ3n) is 2.56. The molecule has 5 heteroatoms. The molecule has 90 valence electrons. The second-order valence-corrected chi connectivity index (χ2v) is 4.81. The average molecular weight is 249 g/mol. The zero-order valence-corrected chi connectivity index (χ0v) is 10.4. The summed E-state index contributed by atoms with van der Waals surface area (Å²) < 4.78 is 0. The van der Waals surface area contributed by atoms with Crippen molar-refractivity contribution in [1.82, 2.24) is 10.3 Å². The van der Waals surface area contributed by atoms with E-state index in [-0.39, 0.29) is 4.87 Å². The van der Waals surface area contributed by atoms with Crippen molar-refractivity contribution in [2.24, 2.45) is 0 Å². The van der Waals surface area contributed by atoms with E-state index in [1.165, 1.54) is 11.3 Å². The maximum atomic E-state index is 10.9. The summed E-state index contributed by atoms with van der Waals surface area (Å²) in [4.78, 5) is 13.7. The predicted octanol–water partition coefficient (Wildman–Crippen LogP) is 1.62. The molecule has 0 saturated heterocycles. The van der Waals surface area contributed by atoms with Crippen molar-refractivity contribution >= 4 is 17.0 Å². The maximum absolute atomic E-state index is 10.9. The monoisotopic (exact) mass is 249 g/mol. The molecule has 4 N–H and O–H groups in total. The van der Waals surface area contributed by atoms with E-state index in [4.69, 9.17) is 5.73 Å². The SMILES string of the molecule is Cc1ccc(CNCc2csc(=O)[nH]2)cc1N. The second kappa shape index (κ2) is 5.16. The fraction of sp³-hybridized carbons (Fsp3) is 0.250.